The van der Waals surface area contributed by atoms with Gasteiger partial charge in [0, 0.05) is 12.2 Å². The molecule has 0 fully saturated rings. The highest BCUT2D eigenvalue weighted by atomic mass is 32.2. The summed E-state index contributed by atoms with van der Waals surface area (Å²) in [6.45, 7) is 0.344. The summed E-state index contributed by atoms with van der Waals surface area (Å²) in [5.41, 5.74) is 1.91. The van der Waals surface area contributed by atoms with Gasteiger partial charge < -0.3 is 4.74 Å². The van der Waals surface area contributed by atoms with E-state index in [1.54, 1.807) is 18.2 Å². The molecule has 0 bridgehead atoms. The van der Waals surface area contributed by atoms with Crippen LogP contribution in [0.15, 0.2) is 47.4 Å². The average Bonchev–Trinajstić information content (AvgIpc) is 2.61. The van der Waals surface area contributed by atoms with Crippen molar-refractivity contribution in [3.05, 3.63) is 53.8 Å². The molecule has 3 rings (SSSR count). The molecule has 0 aliphatic carbocycles. The molecule has 0 aromatic heterocycles. The summed E-state index contributed by atoms with van der Waals surface area (Å²) in [6.07, 6.45) is 0.753. The first kappa shape index (κ1) is 17.2. The zero-order chi connectivity index (χ0) is 18.0. The van der Waals surface area contributed by atoms with Crippen molar-refractivity contribution in [1.82, 2.24) is 0 Å². The normalized spacial score (nSPS) is 13.9. The Kier molecular flexibility index (Phi) is 4.63. The second kappa shape index (κ2) is 6.72. The van der Waals surface area contributed by atoms with Crippen LogP contribution in [-0.2, 0) is 21.2 Å². The summed E-state index contributed by atoms with van der Waals surface area (Å²) in [7, 11) is -2.51. The smallest absolute Gasteiger partial charge is 0.411 e. The van der Waals surface area contributed by atoms with Crippen LogP contribution in [0.3, 0.4) is 0 Å². The molecule has 6 nitrogen and oxygen atoms in total. The molecule has 2 aromatic rings. The van der Waals surface area contributed by atoms with Crippen molar-refractivity contribution in [2.24, 2.45) is 0 Å². The van der Waals surface area contributed by atoms with Gasteiger partial charge in [-0.25, -0.2) is 17.6 Å². The molecule has 25 heavy (non-hydrogen) atoms. The molecule has 1 heterocycles. The number of fused-ring (bicyclic) bond motifs is 1. The number of methoxy groups -OCH3 is 1. The molecule has 1 amide bonds. The number of hydrogen-bond donors (Lipinski definition) is 1. The van der Waals surface area contributed by atoms with Crippen molar-refractivity contribution in [2.45, 2.75) is 17.7 Å². The van der Waals surface area contributed by atoms with E-state index >= 15 is 0 Å². The molecule has 0 spiro atoms. The summed E-state index contributed by atoms with van der Waals surface area (Å²) in [5.74, 6) is -0.489. The van der Waals surface area contributed by atoms with E-state index in [4.69, 9.17) is 0 Å². The second-order valence-corrected chi connectivity index (χ2v) is 7.46. The number of benzene rings is 2. The molecular formula is C17H17FN2O4S. The number of nitrogens with zero attached hydrogens (tertiary/aromatic N) is 1. The quantitative estimate of drug-likeness (QED) is 0.908. The monoisotopic (exact) mass is 364 g/mol. The number of aryl methyl sites for hydroxylation is 1. The standard InChI is InChI=1S/C17H17FN2O4S/c1-24-17(21)19-14-6-9-16-12(11-14)3-2-10-20(16)25(22,23)15-7-4-13(18)5-8-15/h4-9,11H,2-3,10H2,1H3,(H,19,21). The third-order valence-electron chi connectivity index (χ3n) is 3.99. The lowest BCUT2D eigenvalue weighted by Gasteiger charge is -2.30. The fourth-order valence-corrected chi connectivity index (χ4v) is 4.33. The molecule has 2 aromatic carbocycles. The van der Waals surface area contributed by atoms with Crippen LogP contribution >= 0.6 is 0 Å². The Morgan fingerprint density at radius 2 is 1.92 bits per heavy atom. The van der Waals surface area contributed by atoms with Gasteiger partial charge in [-0.05, 0) is 60.9 Å². The minimum absolute atomic E-state index is 0.0403. The molecular weight excluding hydrogens is 347 g/mol. The van der Waals surface area contributed by atoms with Crippen molar-refractivity contribution < 1.29 is 22.3 Å². The average molecular weight is 364 g/mol. The molecule has 0 unspecified atom stereocenters. The number of rotatable bonds is 3. The summed E-state index contributed by atoms with van der Waals surface area (Å²) in [5, 5.41) is 2.56. The highest BCUT2D eigenvalue weighted by Crippen LogP contribution is 2.33. The summed E-state index contributed by atoms with van der Waals surface area (Å²) in [6, 6.07) is 9.77. The molecule has 0 saturated carbocycles. The fourth-order valence-electron chi connectivity index (χ4n) is 2.79. The topological polar surface area (TPSA) is 75.7 Å². The number of sulfonamides is 1. The van der Waals surface area contributed by atoms with E-state index in [0.29, 0.717) is 30.8 Å². The summed E-state index contributed by atoms with van der Waals surface area (Å²) >= 11 is 0. The van der Waals surface area contributed by atoms with Gasteiger partial charge in [-0.3, -0.25) is 9.62 Å². The zero-order valence-electron chi connectivity index (χ0n) is 13.5. The van der Waals surface area contributed by atoms with Crippen molar-refractivity contribution in [3.8, 4) is 0 Å². The van der Waals surface area contributed by atoms with E-state index in [9.17, 15) is 17.6 Å². The van der Waals surface area contributed by atoms with Crippen LogP contribution in [0.4, 0.5) is 20.6 Å². The first-order valence-corrected chi connectivity index (χ1v) is 9.12. The number of amides is 1. The maximum Gasteiger partial charge on any atom is 0.411 e. The Hall–Kier alpha value is -2.61. The van der Waals surface area contributed by atoms with Gasteiger partial charge in [0.05, 0.1) is 17.7 Å². The van der Waals surface area contributed by atoms with Crippen molar-refractivity contribution in [1.29, 1.82) is 0 Å². The van der Waals surface area contributed by atoms with Gasteiger partial charge in [-0.2, -0.15) is 0 Å². The van der Waals surface area contributed by atoms with Gasteiger partial charge in [0.2, 0.25) is 0 Å². The Labute approximate surface area is 145 Å². The lowest BCUT2D eigenvalue weighted by atomic mass is 10.0. The molecule has 0 saturated heterocycles. The lowest BCUT2D eigenvalue weighted by Crippen LogP contribution is -2.35. The largest absolute Gasteiger partial charge is 0.453 e. The van der Waals surface area contributed by atoms with Gasteiger partial charge in [-0.1, -0.05) is 0 Å². The number of carbonyl (C=O) groups excluding carboxylic acids is 1. The number of carbonyl (C=O) groups is 1. The number of halogens is 1. The van der Waals surface area contributed by atoms with E-state index < -0.39 is 21.9 Å². The van der Waals surface area contributed by atoms with Crippen LogP contribution in [0.25, 0.3) is 0 Å². The number of nitrogens with one attached hydrogen (secondary N) is 1. The Bertz CT molecular complexity index is 897. The minimum Gasteiger partial charge on any atom is -0.453 e. The van der Waals surface area contributed by atoms with Crippen LogP contribution < -0.4 is 9.62 Å². The predicted octanol–water partition coefficient (Wildman–Crippen LogP) is 3.15. The molecule has 1 N–H and O–H groups in total. The van der Waals surface area contributed by atoms with Crippen molar-refractivity contribution >= 4 is 27.5 Å². The minimum atomic E-state index is -3.78. The van der Waals surface area contributed by atoms with Gasteiger partial charge in [0.15, 0.2) is 0 Å². The van der Waals surface area contributed by atoms with Crippen molar-refractivity contribution in [3.63, 3.8) is 0 Å². The number of anilines is 2. The van der Waals surface area contributed by atoms with E-state index in [1.165, 1.54) is 23.5 Å². The first-order chi connectivity index (χ1) is 11.9. The number of hydrogen-bond acceptors (Lipinski definition) is 4. The van der Waals surface area contributed by atoms with Crippen LogP contribution in [0, 0.1) is 5.82 Å². The van der Waals surface area contributed by atoms with E-state index in [1.807, 2.05) is 0 Å². The van der Waals surface area contributed by atoms with Crippen molar-refractivity contribution in [2.75, 3.05) is 23.3 Å². The van der Waals surface area contributed by atoms with E-state index in [-0.39, 0.29) is 4.90 Å². The highest BCUT2D eigenvalue weighted by molar-refractivity contribution is 7.92. The molecule has 0 radical (unpaired) electrons. The first-order valence-electron chi connectivity index (χ1n) is 7.68. The number of ether oxygens (including phenoxy) is 1. The Morgan fingerprint density at radius 3 is 2.60 bits per heavy atom. The third kappa shape index (κ3) is 3.43. The fraction of sp³-hybridized carbons (Fsp3) is 0.235. The van der Waals surface area contributed by atoms with Gasteiger partial charge in [0.25, 0.3) is 10.0 Å². The molecule has 1 aliphatic heterocycles. The highest BCUT2D eigenvalue weighted by Gasteiger charge is 2.29. The second-order valence-electron chi connectivity index (χ2n) is 5.59. The predicted molar refractivity (Wildman–Crippen MR) is 91.7 cm³/mol. The summed E-state index contributed by atoms with van der Waals surface area (Å²) < 4.78 is 44.7. The van der Waals surface area contributed by atoms with Crippen LogP contribution in [0.2, 0.25) is 0 Å². The molecule has 1 aliphatic rings. The van der Waals surface area contributed by atoms with Gasteiger partial charge >= 0.3 is 6.09 Å². The third-order valence-corrected chi connectivity index (χ3v) is 5.82. The van der Waals surface area contributed by atoms with Gasteiger partial charge in [0.1, 0.15) is 5.82 Å². The Morgan fingerprint density at radius 1 is 1.20 bits per heavy atom. The van der Waals surface area contributed by atoms with Crippen LogP contribution in [0.1, 0.15) is 12.0 Å². The van der Waals surface area contributed by atoms with Gasteiger partial charge in [-0.15, -0.1) is 0 Å². The SMILES string of the molecule is COC(=O)Nc1ccc2c(c1)CCCN2S(=O)(=O)c1ccc(F)cc1. The maximum absolute atomic E-state index is 13.1. The van der Waals surface area contributed by atoms with E-state index in [2.05, 4.69) is 10.1 Å². The molecule has 8 heteroatoms. The van der Waals surface area contributed by atoms with E-state index in [0.717, 1.165) is 17.7 Å². The summed E-state index contributed by atoms with van der Waals surface area (Å²) in [4.78, 5) is 11.4. The molecule has 132 valence electrons. The zero-order valence-corrected chi connectivity index (χ0v) is 14.3. The lowest BCUT2D eigenvalue weighted by molar-refractivity contribution is 0.187. The van der Waals surface area contributed by atoms with Crippen LogP contribution in [0.5, 0.6) is 0 Å². The maximum atomic E-state index is 13.1. The van der Waals surface area contributed by atoms with Crippen LogP contribution in [-0.4, -0.2) is 28.2 Å². The Balaban J connectivity index is 1.96. The molecule has 0 atom stereocenters.